The molecule has 1 amide bonds. The van der Waals surface area contributed by atoms with Crippen LogP contribution in [-0.4, -0.2) is 21.9 Å². The van der Waals surface area contributed by atoms with Crippen LogP contribution in [0.3, 0.4) is 0 Å². The average Bonchev–Trinajstić information content (AvgIpc) is 3.10. The van der Waals surface area contributed by atoms with Gasteiger partial charge in [-0.25, -0.2) is 4.68 Å². The molecule has 4 rings (SSSR count). The number of alkyl halides is 6. The van der Waals surface area contributed by atoms with Crippen LogP contribution in [0.5, 0.6) is 0 Å². The van der Waals surface area contributed by atoms with Gasteiger partial charge in [0, 0.05) is 6.42 Å². The summed E-state index contributed by atoms with van der Waals surface area (Å²) in [5.74, 6) is -1.11. The van der Waals surface area contributed by atoms with E-state index < -0.39 is 41.6 Å². The van der Waals surface area contributed by atoms with Gasteiger partial charge in [0.15, 0.2) is 11.7 Å². The lowest BCUT2D eigenvalue weighted by Gasteiger charge is -2.33. The zero-order chi connectivity index (χ0) is 24.8. The van der Waals surface area contributed by atoms with Gasteiger partial charge in [-0.15, -0.1) is 0 Å². The number of amides is 1. The Bertz CT molecular complexity index is 1230. The Morgan fingerprint density at radius 3 is 2.41 bits per heavy atom. The Hall–Kier alpha value is -2.73. The molecule has 0 radical (unpaired) electrons. The van der Waals surface area contributed by atoms with Crippen molar-refractivity contribution in [2.75, 3.05) is 10.6 Å². The van der Waals surface area contributed by atoms with Gasteiger partial charge in [-0.1, -0.05) is 41.9 Å². The van der Waals surface area contributed by atoms with Gasteiger partial charge >= 0.3 is 12.4 Å². The van der Waals surface area contributed by atoms with E-state index in [1.807, 2.05) is 0 Å². The molecule has 0 spiro atoms. The molecule has 0 fully saturated rings. The first-order valence-electron chi connectivity index (χ1n) is 9.70. The zero-order valence-corrected chi connectivity index (χ0v) is 19.1. The molecule has 0 saturated carbocycles. The number of halogens is 8. The lowest BCUT2D eigenvalue weighted by atomic mass is 9.97. The highest BCUT2D eigenvalue weighted by Gasteiger charge is 2.47. The Morgan fingerprint density at radius 1 is 1.12 bits per heavy atom. The predicted molar refractivity (Wildman–Crippen MR) is 117 cm³/mol. The van der Waals surface area contributed by atoms with E-state index >= 15 is 0 Å². The Morgan fingerprint density at radius 2 is 1.79 bits per heavy atom. The molecule has 0 aliphatic carbocycles. The number of benzene rings is 2. The van der Waals surface area contributed by atoms with E-state index in [1.54, 1.807) is 30.3 Å². The molecule has 0 saturated heterocycles. The number of fused-ring (bicyclic) bond motifs is 1. The van der Waals surface area contributed by atoms with Gasteiger partial charge in [-0.2, -0.15) is 31.4 Å². The van der Waals surface area contributed by atoms with E-state index in [9.17, 15) is 31.1 Å². The second kappa shape index (κ2) is 8.81. The molecule has 1 aliphatic heterocycles. The Balaban J connectivity index is 1.70. The highest BCUT2D eigenvalue weighted by Crippen LogP contribution is 2.46. The van der Waals surface area contributed by atoms with Crippen molar-refractivity contribution in [3.8, 4) is 0 Å². The summed E-state index contributed by atoms with van der Waals surface area (Å²) in [5.41, 5.74) is -1.25. The fourth-order valence-corrected chi connectivity index (χ4v) is 4.34. The summed E-state index contributed by atoms with van der Waals surface area (Å²) in [7, 11) is 0. The van der Waals surface area contributed by atoms with Gasteiger partial charge in [0.2, 0.25) is 0 Å². The molecule has 1 aromatic heterocycles. The van der Waals surface area contributed by atoms with Crippen molar-refractivity contribution in [3.05, 3.63) is 74.8 Å². The number of rotatable bonds is 3. The molecule has 2 aromatic carbocycles. The van der Waals surface area contributed by atoms with Crippen molar-refractivity contribution in [1.82, 2.24) is 9.78 Å². The SMILES string of the molecule is O=C(Nc1cc(C(F)(F)F)ccc1Cl)c1nn2c(c1Br)N[C@H](c1ccccc1)C[C@H]2C(F)(F)F. The first-order chi connectivity index (χ1) is 15.9. The molecule has 3 aromatic rings. The molecule has 34 heavy (non-hydrogen) atoms. The third kappa shape index (κ3) is 4.74. The van der Waals surface area contributed by atoms with Crippen molar-refractivity contribution in [1.29, 1.82) is 0 Å². The van der Waals surface area contributed by atoms with E-state index in [0.29, 0.717) is 16.3 Å². The van der Waals surface area contributed by atoms with Crippen LogP contribution in [0.25, 0.3) is 0 Å². The van der Waals surface area contributed by atoms with E-state index in [-0.39, 0.29) is 27.4 Å². The number of anilines is 2. The normalized spacial score (nSPS) is 18.2. The summed E-state index contributed by atoms with van der Waals surface area (Å²) in [6.07, 6.45) is -9.74. The summed E-state index contributed by atoms with van der Waals surface area (Å²) in [5, 5.41) is 8.81. The van der Waals surface area contributed by atoms with Gasteiger partial charge in [0.1, 0.15) is 5.82 Å². The lowest BCUT2D eigenvalue weighted by Crippen LogP contribution is -2.35. The summed E-state index contributed by atoms with van der Waals surface area (Å²) in [4.78, 5) is 12.8. The van der Waals surface area contributed by atoms with Crippen molar-refractivity contribution < 1.29 is 31.1 Å². The monoisotopic (exact) mass is 566 g/mol. The second-order valence-electron chi connectivity index (χ2n) is 7.50. The van der Waals surface area contributed by atoms with Crippen LogP contribution in [-0.2, 0) is 6.18 Å². The molecular formula is C21H14BrClF6N4O. The van der Waals surface area contributed by atoms with Crippen molar-refractivity contribution in [3.63, 3.8) is 0 Å². The third-order valence-corrected chi connectivity index (χ3v) is 6.34. The maximum Gasteiger partial charge on any atom is 0.416 e. The maximum absolute atomic E-state index is 13.9. The van der Waals surface area contributed by atoms with E-state index in [0.717, 1.165) is 12.1 Å². The summed E-state index contributed by atoms with van der Waals surface area (Å²) in [6, 6.07) is 8.04. The molecule has 13 heteroatoms. The van der Waals surface area contributed by atoms with Crippen LogP contribution in [0.1, 0.15) is 40.1 Å². The van der Waals surface area contributed by atoms with Crippen molar-refractivity contribution in [2.24, 2.45) is 0 Å². The van der Waals surface area contributed by atoms with E-state index in [4.69, 9.17) is 11.6 Å². The number of nitrogens with one attached hydrogen (secondary N) is 2. The van der Waals surface area contributed by atoms with Gasteiger partial charge in [-0.05, 0) is 39.7 Å². The molecule has 1 aliphatic rings. The standard InChI is InChI=1S/C21H14BrClF6N4O/c22-16-17(19(34)31-14-8-11(20(24,25)26)6-7-12(14)23)32-33-15(21(27,28)29)9-13(30-18(16)33)10-4-2-1-3-5-10/h1-8,13,15,30H,9H2,(H,31,34)/t13-,15-/m0/s1. The van der Waals surface area contributed by atoms with Crippen molar-refractivity contribution >= 4 is 44.9 Å². The number of nitrogens with zero attached hydrogens (tertiary/aromatic N) is 2. The summed E-state index contributed by atoms with van der Waals surface area (Å²) in [6.45, 7) is 0. The summed E-state index contributed by atoms with van der Waals surface area (Å²) < 4.78 is 81.3. The lowest BCUT2D eigenvalue weighted by molar-refractivity contribution is -0.173. The third-order valence-electron chi connectivity index (χ3n) is 5.25. The molecule has 2 atom stereocenters. The molecule has 2 N–H and O–H groups in total. The Labute approximate surface area is 202 Å². The predicted octanol–water partition coefficient (Wildman–Crippen LogP) is 7.23. The number of hydrogen-bond donors (Lipinski definition) is 2. The fourth-order valence-electron chi connectivity index (χ4n) is 3.62. The largest absolute Gasteiger partial charge is 0.416 e. The van der Waals surface area contributed by atoms with Crippen molar-refractivity contribution in [2.45, 2.75) is 30.9 Å². The first-order valence-corrected chi connectivity index (χ1v) is 10.9. The minimum atomic E-state index is -4.69. The van der Waals surface area contributed by atoms with Gasteiger partial charge in [0.05, 0.1) is 26.8 Å². The fraction of sp³-hybridized carbons (Fsp3) is 0.238. The molecule has 0 bridgehead atoms. The molecule has 2 heterocycles. The van der Waals surface area contributed by atoms with Crippen LogP contribution in [0.15, 0.2) is 53.0 Å². The molecule has 5 nitrogen and oxygen atoms in total. The van der Waals surface area contributed by atoms with Crippen LogP contribution in [0.4, 0.5) is 37.8 Å². The topological polar surface area (TPSA) is 59.0 Å². The Kier molecular flexibility index (Phi) is 6.32. The number of hydrogen-bond acceptors (Lipinski definition) is 3. The van der Waals surface area contributed by atoms with E-state index in [2.05, 4.69) is 31.7 Å². The maximum atomic E-state index is 13.9. The van der Waals surface area contributed by atoms with E-state index in [1.165, 1.54) is 0 Å². The van der Waals surface area contributed by atoms with Crippen LogP contribution >= 0.6 is 27.5 Å². The minimum absolute atomic E-state index is 0.0667. The number of aromatic nitrogens is 2. The van der Waals surface area contributed by atoms with Crippen LogP contribution in [0, 0.1) is 0 Å². The molecule has 0 unspecified atom stereocenters. The van der Waals surface area contributed by atoms with Gasteiger partial charge in [0.25, 0.3) is 5.91 Å². The second-order valence-corrected chi connectivity index (χ2v) is 8.70. The smallest absolute Gasteiger partial charge is 0.362 e. The molecular weight excluding hydrogens is 554 g/mol. The summed E-state index contributed by atoms with van der Waals surface area (Å²) >= 11 is 9.03. The highest BCUT2D eigenvalue weighted by atomic mass is 79.9. The highest BCUT2D eigenvalue weighted by molar-refractivity contribution is 9.10. The minimum Gasteiger partial charge on any atom is -0.362 e. The molecule has 180 valence electrons. The average molecular weight is 568 g/mol. The number of carbonyl (C=O) groups excluding carboxylic acids is 1. The van der Waals surface area contributed by atoms with Crippen LogP contribution < -0.4 is 10.6 Å². The first kappa shape index (κ1) is 24.4. The quantitative estimate of drug-likeness (QED) is 0.328. The number of carbonyl (C=O) groups is 1. The van der Waals surface area contributed by atoms with Crippen LogP contribution in [0.2, 0.25) is 5.02 Å². The van der Waals surface area contributed by atoms with Gasteiger partial charge < -0.3 is 10.6 Å². The zero-order valence-electron chi connectivity index (χ0n) is 16.8. The van der Waals surface area contributed by atoms with Gasteiger partial charge in [-0.3, -0.25) is 4.79 Å².